The normalized spacial score (nSPS) is 10.9. The van der Waals surface area contributed by atoms with Gasteiger partial charge in [-0.1, -0.05) is 23.9 Å². The summed E-state index contributed by atoms with van der Waals surface area (Å²) in [6, 6.07) is 11.6. The molecule has 0 saturated heterocycles. The average molecular weight is 326 g/mol. The Labute approximate surface area is 138 Å². The fourth-order valence-corrected chi connectivity index (χ4v) is 3.04. The minimum absolute atomic E-state index is 0.00383. The molecule has 23 heavy (non-hydrogen) atoms. The van der Waals surface area contributed by atoms with Crippen LogP contribution in [0.4, 0.5) is 5.82 Å². The van der Waals surface area contributed by atoms with Crippen LogP contribution in [0.1, 0.15) is 12.5 Å². The van der Waals surface area contributed by atoms with Gasteiger partial charge in [0.25, 0.3) is 5.56 Å². The SMILES string of the molecule is CCNc1nc(SCc2ccn(C)c(=O)c2)nc2ccccc12. The molecule has 0 aliphatic carbocycles. The number of nitrogens with one attached hydrogen (secondary N) is 1. The number of fused-ring (bicyclic) bond motifs is 1. The van der Waals surface area contributed by atoms with Gasteiger partial charge in [-0.2, -0.15) is 0 Å². The topological polar surface area (TPSA) is 59.8 Å². The molecule has 0 saturated carbocycles. The molecule has 0 unspecified atom stereocenters. The summed E-state index contributed by atoms with van der Waals surface area (Å²) in [5.41, 5.74) is 1.89. The van der Waals surface area contributed by atoms with Crippen LogP contribution in [0.15, 0.2) is 52.5 Å². The van der Waals surface area contributed by atoms with E-state index in [4.69, 9.17) is 0 Å². The molecule has 0 bridgehead atoms. The zero-order valence-corrected chi connectivity index (χ0v) is 13.9. The first kappa shape index (κ1) is 15.6. The molecule has 0 atom stereocenters. The van der Waals surface area contributed by atoms with E-state index in [2.05, 4.69) is 15.3 Å². The molecule has 3 aromatic rings. The van der Waals surface area contributed by atoms with E-state index in [9.17, 15) is 4.79 Å². The summed E-state index contributed by atoms with van der Waals surface area (Å²) in [6.07, 6.45) is 1.78. The Morgan fingerprint density at radius 2 is 2.04 bits per heavy atom. The number of anilines is 1. The number of aromatic nitrogens is 3. The molecule has 118 valence electrons. The molecule has 0 aliphatic heterocycles. The molecule has 5 nitrogen and oxygen atoms in total. The van der Waals surface area contributed by atoms with Crippen LogP contribution in [-0.4, -0.2) is 21.1 Å². The van der Waals surface area contributed by atoms with Crippen molar-refractivity contribution in [2.75, 3.05) is 11.9 Å². The van der Waals surface area contributed by atoms with Crippen molar-refractivity contribution in [1.29, 1.82) is 0 Å². The summed E-state index contributed by atoms with van der Waals surface area (Å²) in [5.74, 6) is 1.52. The Hall–Kier alpha value is -2.34. The number of pyridine rings is 1. The quantitative estimate of drug-likeness (QED) is 0.577. The van der Waals surface area contributed by atoms with E-state index in [0.29, 0.717) is 10.9 Å². The van der Waals surface area contributed by atoms with Crippen LogP contribution in [0.25, 0.3) is 10.9 Å². The zero-order valence-electron chi connectivity index (χ0n) is 13.1. The molecule has 0 spiro atoms. The largest absolute Gasteiger partial charge is 0.370 e. The van der Waals surface area contributed by atoms with Gasteiger partial charge in [-0.05, 0) is 30.7 Å². The molecule has 0 radical (unpaired) electrons. The van der Waals surface area contributed by atoms with Crippen LogP contribution in [0.3, 0.4) is 0 Å². The second-order valence-corrected chi connectivity index (χ2v) is 6.12. The molecule has 1 N–H and O–H groups in total. The number of thioether (sulfide) groups is 1. The zero-order chi connectivity index (χ0) is 16.2. The summed E-state index contributed by atoms with van der Waals surface area (Å²) >= 11 is 1.53. The molecule has 2 heterocycles. The molecular formula is C17H18N4OS. The van der Waals surface area contributed by atoms with Crippen molar-refractivity contribution in [2.24, 2.45) is 7.05 Å². The van der Waals surface area contributed by atoms with Gasteiger partial charge >= 0.3 is 0 Å². The smallest absolute Gasteiger partial charge is 0.250 e. The van der Waals surface area contributed by atoms with Crippen molar-refractivity contribution in [2.45, 2.75) is 17.8 Å². The highest BCUT2D eigenvalue weighted by molar-refractivity contribution is 7.98. The third-order valence-corrected chi connectivity index (χ3v) is 4.38. The van der Waals surface area contributed by atoms with Gasteiger partial charge in [0, 0.05) is 37.0 Å². The van der Waals surface area contributed by atoms with Gasteiger partial charge in [-0.15, -0.1) is 0 Å². The molecule has 3 rings (SSSR count). The Kier molecular flexibility index (Phi) is 4.62. The lowest BCUT2D eigenvalue weighted by atomic mass is 10.2. The van der Waals surface area contributed by atoms with Crippen molar-refractivity contribution >= 4 is 28.5 Å². The predicted molar refractivity (Wildman–Crippen MR) is 94.9 cm³/mol. The molecular weight excluding hydrogens is 308 g/mol. The number of para-hydroxylation sites is 1. The van der Waals surface area contributed by atoms with Gasteiger partial charge in [-0.25, -0.2) is 9.97 Å². The van der Waals surface area contributed by atoms with Crippen molar-refractivity contribution in [3.05, 3.63) is 58.5 Å². The van der Waals surface area contributed by atoms with Gasteiger partial charge in [0.1, 0.15) is 5.82 Å². The Bertz CT molecular complexity index is 891. The first-order valence-corrected chi connectivity index (χ1v) is 8.45. The second-order valence-electron chi connectivity index (χ2n) is 5.18. The van der Waals surface area contributed by atoms with Gasteiger partial charge in [0.2, 0.25) is 0 Å². The predicted octanol–water partition coefficient (Wildman–Crippen LogP) is 3.05. The lowest BCUT2D eigenvalue weighted by molar-refractivity contribution is 0.855. The van der Waals surface area contributed by atoms with Gasteiger partial charge in [0.15, 0.2) is 5.16 Å². The average Bonchev–Trinajstić information content (AvgIpc) is 2.56. The van der Waals surface area contributed by atoms with Crippen molar-refractivity contribution < 1.29 is 0 Å². The summed E-state index contributed by atoms with van der Waals surface area (Å²) in [5, 5.41) is 5.02. The van der Waals surface area contributed by atoms with Crippen LogP contribution < -0.4 is 10.9 Å². The van der Waals surface area contributed by atoms with Crippen LogP contribution in [0, 0.1) is 0 Å². The highest BCUT2D eigenvalue weighted by Gasteiger charge is 2.08. The number of aryl methyl sites for hydroxylation is 1. The number of nitrogens with zero attached hydrogens (tertiary/aromatic N) is 3. The highest BCUT2D eigenvalue weighted by Crippen LogP contribution is 2.25. The van der Waals surface area contributed by atoms with Crippen molar-refractivity contribution in [3.8, 4) is 0 Å². The summed E-state index contributed by atoms with van der Waals surface area (Å²) in [6.45, 7) is 2.85. The van der Waals surface area contributed by atoms with E-state index < -0.39 is 0 Å². The molecule has 6 heteroatoms. The maximum Gasteiger partial charge on any atom is 0.250 e. The van der Waals surface area contributed by atoms with E-state index in [1.165, 1.54) is 11.8 Å². The Morgan fingerprint density at radius 1 is 1.22 bits per heavy atom. The highest BCUT2D eigenvalue weighted by atomic mass is 32.2. The van der Waals surface area contributed by atoms with E-state index in [1.807, 2.05) is 37.3 Å². The molecule has 0 aliphatic rings. The van der Waals surface area contributed by atoms with Crippen molar-refractivity contribution in [1.82, 2.24) is 14.5 Å². The molecule has 0 amide bonds. The maximum absolute atomic E-state index is 11.7. The second kappa shape index (κ2) is 6.83. The van der Waals surface area contributed by atoms with E-state index >= 15 is 0 Å². The van der Waals surface area contributed by atoms with Crippen LogP contribution in [0.5, 0.6) is 0 Å². The van der Waals surface area contributed by atoms with E-state index in [-0.39, 0.29) is 5.56 Å². The summed E-state index contributed by atoms with van der Waals surface area (Å²) < 4.78 is 1.56. The van der Waals surface area contributed by atoms with Gasteiger partial charge in [-0.3, -0.25) is 4.79 Å². The maximum atomic E-state index is 11.7. The van der Waals surface area contributed by atoms with E-state index in [0.717, 1.165) is 28.8 Å². The van der Waals surface area contributed by atoms with Crippen molar-refractivity contribution in [3.63, 3.8) is 0 Å². The third-order valence-electron chi connectivity index (χ3n) is 3.46. The van der Waals surface area contributed by atoms with Crippen LogP contribution in [0.2, 0.25) is 0 Å². The summed E-state index contributed by atoms with van der Waals surface area (Å²) in [7, 11) is 1.74. The molecule has 2 aromatic heterocycles. The fraction of sp³-hybridized carbons (Fsp3) is 0.235. The molecule has 1 aromatic carbocycles. The van der Waals surface area contributed by atoms with Crippen LogP contribution >= 0.6 is 11.8 Å². The number of hydrogen-bond acceptors (Lipinski definition) is 5. The van der Waals surface area contributed by atoms with E-state index in [1.54, 1.807) is 23.9 Å². The number of rotatable bonds is 5. The Balaban J connectivity index is 1.87. The minimum atomic E-state index is -0.00383. The van der Waals surface area contributed by atoms with Crippen LogP contribution in [-0.2, 0) is 12.8 Å². The third kappa shape index (κ3) is 3.53. The molecule has 0 fully saturated rings. The lowest BCUT2D eigenvalue weighted by Gasteiger charge is -2.09. The van der Waals surface area contributed by atoms with Gasteiger partial charge < -0.3 is 9.88 Å². The number of hydrogen-bond donors (Lipinski definition) is 1. The Morgan fingerprint density at radius 3 is 2.83 bits per heavy atom. The minimum Gasteiger partial charge on any atom is -0.370 e. The first-order valence-electron chi connectivity index (χ1n) is 7.46. The monoisotopic (exact) mass is 326 g/mol. The fourth-order valence-electron chi connectivity index (χ4n) is 2.25. The first-order chi connectivity index (χ1) is 11.2. The van der Waals surface area contributed by atoms with Gasteiger partial charge in [0.05, 0.1) is 5.52 Å². The standard InChI is InChI=1S/C17H18N4OS/c1-3-18-16-13-6-4-5-7-14(13)19-17(20-16)23-11-12-8-9-21(2)15(22)10-12/h4-10H,3,11H2,1-2H3,(H,18,19,20). The summed E-state index contributed by atoms with van der Waals surface area (Å²) in [4.78, 5) is 20.9. The lowest BCUT2D eigenvalue weighted by Crippen LogP contribution is -2.14. The number of benzene rings is 1.